The van der Waals surface area contributed by atoms with Crippen LogP contribution in [-0.2, 0) is 13.0 Å². The molecule has 134 valence electrons. The number of aromatic nitrogens is 2. The van der Waals surface area contributed by atoms with E-state index in [4.69, 9.17) is 11.6 Å². The van der Waals surface area contributed by atoms with Crippen molar-refractivity contribution < 1.29 is 4.79 Å². The number of amides is 1. The summed E-state index contributed by atoms with van der Waals surface area (Å²) in [5, 5.41) is 5.15. The van der Waals surface area contributed by atoms with Crippen molar-refractivity contribution in [2.24, 2.45) is 0 Å². The second-order valence-corrected chi connectivity index (χ2v) is 6.73. The van der Waals surface area contributed by atoms with Gasteiger partial charge in [-0.15, -0.1) is 0 Å². The van der Waals surface area contributed by atoms with Gasteiger partial charge in [0.15, 0.2) is 0 Å². The molecule has 5 heteroatoms. The first-order valence-electron chi connectivity index (χ1n) is 8.72. The molecule has 26 heavy (non-hydrogen) atoms. The highest BCUT2D eigenvalue weighted by Gasteiger charge is 2.21. The predicted octanol–water partition coefficient (Wildman–Crippen LogP) is 4.75. The van der Waals surface area contributed by atoms with E-state index < -0.39 is 0 Å². The fourth-order valence-electron chi connectivity index (χ4n) is 2.97. The lowest BCUT2D eigenvalue weighted by Gasteiger charge is -2.18. The second-order valence-electron chi connectivity index (χ2n) is 6.29. The molecule has 4 nitrogen and oxygen atoms in total. The molecule has 0 atom stereocenters. The number of carbonyl (C=O) groups is 1. The van der Waals surface area contributed by atoms with Gasteiger partial charge >= 0.3 is 0 Å². The maximum absolute atomic E-state index is 13.0. The minimum Gasteiger partial charge on any atom is -0.337 e. The van der Waals surface area contributed by atoms with Crippen molar-refractivity contribution >= 4 is 17.5 Å². The van der Waals surface area contributed by atoms with Gasteiger partial charge in [0, 0.05) is 18.6 Å². The van der Waals surface area contributed by atoms with E-state index in [1.165, 1.54) is 0 Å². The fraction of sp³-hybridized carbons (Fsp3) is 0.238. The van der Waals surface area contributed by atoms with Crippen molar-refractivity contribution in [3.63, 3.8) is 0 Å². The average Bonchev–Trinajstić information content (AvgIpc) is 3.06. The van der Waals surface area contributed by atoms with E-state index >= 15 is 0 Å². The number of halogens is 1. The summed E-state index contributed by atoms with van der Waals surface area (Å²) >= 11 is 5.98. The van der Waals surface area contributed by atoms with Crippen LogP contribution in [-0.4, -0.2) is 27.6 Å². The Bertz CT molecular complexity index is 872. The van der Waals surface area contributed by atoms with Crippen LogP contribution in [0.2, 0.25) is 5.02 Å². The van der Waals surface area contributed by atoms with Crippen molar-refractivity contribution in [3.8, 4) is 5.69 Å². The summed E-state index contributed by atoms with van der Waals surface area (Å²) in [5.41, 5.74) is 3.59. The number of hydrogen-bond acceptors (Lipinski definition) is 2. The molecule has 0 saturated carbocycles. The Kier molecular flexibility index (Phi) is 5.74. The quantitative estimate of drug-likeness (QED) is 0.630. The number of hydrogen-bond donors (Lipinski definition) is 0. The van der Waals surface area contributed by atoms with Crippen LogP contribution >= 0.6 is 11.6 Å². The normalized spacial score (nSPS) is 10.7. The highest BCUT2D eigenvalue weighted by atomic mass is 35.5. The molecule has 0 saturated heterocycles. The number of carbonyl (C=O) groups excluding carboxylic acids is 1. The number of rotatable bonds is 6. The molecule has 0 radical (unpaired) electrons. The summed E-state index contributed by atoms with van der Waals surface area (Å²) < 4.78 is 1.84. The number of benzene rings is 2. The maximum atomic E-state index is 13.0. The third-order valence-electron chi connectivity index (χ3n) is 4.27. The summed E-state index contributed by atoms with van der Waals surface area (Å²) in [6, 6.07) is 17.5. The van der Waals surface area contributed by atoms with Crippen molar-refractivity contribution in [3.05, 3.63) is 82.6 Å². The molecular formula is C21H22ClN3O. The molecule has 0 fully saturated rings. The first-order chi connectivity index (χ1) is 12.6. The van der Waals surface area contributed by atoms with Gasteiger partial charge in [-0.25, -0.2) is 4.68 Å². The summed E-state index contributed by atoms with van der Waals surface area (Å²) in [7, 11) is 1.82. The van der Waals surface area contributed by atoms with Crippen molar-refractivity contribution in [1.82, 2.24) is 14.7 Å². The first kappa shape index (κ1) is 18.2. The van der Waals surface area contributed by atoms with Gasteiger partial charge in [0.25, 0.3) is 5.91 Å². The van der Waals surface area contributed by atoms with Crippen LogP contribution in [0.3, 0.4) is 0 Å². The highest BCUT2D eigenvalue weighted by molar-refractivity contribution is 6.30. The molecule has 1 aromatic heterocycles. The molecule has 0 unspecified atom stereocenters. The lowest BCUT2D eigenvalue weighted by Crippen LogP contribution is -2.27. The Morgan fingerprint density at radius 3 is 2.46 bits per heavy atom. The molecule has 0 bridgehead atoms. The zero-order valence-corrected chi connectivity index (χ0v) is 15.8. The average molecular weight is 368 g/mol. The van der Waals surface area contributed by atoms with E-state index in [0.717, 1.165) is 29.8 Å². The van der Waals surface area contributed by atoms with Gasteiger partial charge in [-0.1, -0.05) is 55.3 Å². The second kappa shape index (κ2) is 8.19. The van der Waals surface area contributed by atoms with E-state index in [-0.39, 0.29) is 5.91 Å². The topological polar surface area (TPSA) is 38.1 Å². The summed E-state index contributed by atoms with van der Waals surface area (Å²) in [6.45, 7) is 2.67. The van der Waals surface area contributed by atoms with Crippen molar-refractivity contribution in [2.45, 2.75) is 26.3 Å². The first-order valence-corrected chi connectivity index (χ1v) is 9.10. The predicted molar refractivity (Wildman–Crippen MR) is 105 cm³/mol. The zero-order chi connectivity index (χ0) is 18.5. The van der Waals surface area contributed by atoms with Gasteiger partial charge in [-0.05, 0) is 36.2 Å². The molecule has 0 aliphatic rings. The zero-order valence-electron chi connectivity index (χ0n) is 15.0. The van der Waals surface area contributed by atoms with E-state index in [2.05, 4.69) is 12.0 Å². The largest absolute Gasteiger partial charge is 0.337 e. The molecule has 0 aliphatic carbocycles. The van der Waals surface area contributed by atoms with Crippen LogP contribution in [0.4, 0.5) is 0 Å². The lowest BCUT2D eigenvalue weighted by atomic mass is 10.1. The molecule has 2 aromatic carbocycles. The van der Waals surface area contributed by atoms with Gasteiger partial charge < -0.3 is 4.90 Å². The van der Waals surface area contributed by atoms with Crippen molar-refractivity contribution in [1.29, 1.82) is 0 Å². The molecule has 0 aliphatic heterocycles. The van der Waals surface area contributed by atoms with E-state index in [0.29, 0.717) is 17.1 Å². The highest BCUT2D eigenvalue weighted by Crippen LogP contribution is 2.20. The monoisotopic (exact) mass is 367 g/mol. The molecular weight excluding hydrogens is 346 g/mol. The van der Waals surface area contributed by atoms with Gasteiger partial charge in [-0.3, -0.25) is 4.79 Å². The van der Waals surface area contributed by atoms with Gasteiger partial charge in [0.05, 0.1) is 23.1 Å². The van der Waals surface area contributed by atoms with E-state index in [1.807, 2.05) is 66.3 Å². The van der Waals surface area contributed by atoms with Gasteiger partial charge in [0.1, 0.15) is 0 Å². The van der Waals surface area contributed by atoms with Gasteiger partial charge in [0.2, 0.25) is 0 Å². The Morgan fingerprint density at radius 2 is 1.81 bits per heavy atom. The molecule has 1 heterocycles. The standard InChI is InChI=1S/C21H22ClN3O/c1-3-7-20-19(14-23-25(20)18-12-10-17(22)11-13-18)21(26)24(2)15-16-8-5-4-6-9-16/h4-6,8-14H,3,7,15H2,1-2H3. The van der Waals surface area contributed by atoms with Crippen LogP contribution < -0.4 is 0 Å². The van der Waals surface area contributed by atoms with Crippen LogP contribution in [0.25, 0.3) is 5.69 Å². The Labute approximate surface area is 159 Å². The third-order valence-corrected chi connectivity index (χ3v) is 4.52. The molecule has 3 rings (SSSR count). The smallest absolute Gasteiger partial charge is 0.257 e. The number of nitrogens with zero attached hydrogens (tertiary/aromatic N) is 3. The van der Waals surface area contributed by atoms with E-state index in [1.54, 1.807) is 11.1 Å². The van der Waals surface area contributed by atoms with Crippen LogP contribution in [0.5, 0.6) is 0 Å². The maximum Gasteiger partial charge on any atom is 0.257 e. The Morgan fingerprint density at radius 1 is 1.12 bits per heavy atom. The van der Waals surface area contributed by atoms with E-state index in [9.17, 15) is 4.79 Å². The minimum absolute atomic E-state index is 0.0162. The molecule has 0 spiro atoms. The summed E-state index contributed by atoms with van der Waals surface area (Å²) in [5.74, 6) is -0.0162. The molecule has 1 amide bonds. The molecule has 0 N–H and O–H groups in total. The summed E-state index contributed by atoms with van der Waals surface area (Å²) in [6.07, 6.45) is 3.38. The lowest BCUT2D eigenvalue weighted by molar-refractivity contribution is 0.0784. The van der Waals surface area contributed by atoms with Crippen LogP contribution in [0, 0.1) is 0 Å². The Balaban J connectivity index is 1.89. The molecule has 3 aromatic rings. The van der Waals surface area contributed by atoms with Gasteiger partial charge in [-0.2, -0.15) is 5.10 Å². The SMILES string of the molecule is CCCc1c(C(=O)N(C)Cc2ccccc2)cnn1-c1ccc(Cl)cc1. The van der Waals surface area contributed by atoms with Crippen molar-refractivity contribution in [2.75, 3.05) is 7.05 Å². The fourth-order valence-corrected chi connectivity index (χ4v) is 3.10. The van der Waals surface area contributed by atoms with Crippen LogP contribution in [0.1, 0.15) is 35.0 Å². The Hall–Kier alpha value is -2.59. The van der Waals surface area contributed by atoms with Crippen LogP contribution in [0.15, 0.2) is 60.8 Å². The minimum atomic E-state index is -0.0162. The summed E-state index contributed by atoms with van der Waals surface area (Å²) in [4.78, 5) is 14.7. The third kappa shape index (κ3) is 3.97.